The molecule has 1 aromatic carbocycles. The molecule has 7 heteroatoms. The Bertz CT molecular complexity index is 657. The standard InChI is InChI=1S/C16H16BrNO4S/c1-3-22-15(20)8-14-18(16(21)10(2)23-14)9-13(19)11-4-6-12(17)7-5-11/h4-8,10H,3,9H2,1-2H3. The van der Waals surface area contributed by atoms with E-state index in [2.05, 4.69) is 15.9 Å². The fourth-order valence-corrected chi connectivity index (χ4v) is 3.35. The van der Waals surface area contributed by atoms with E-state index in [0.717, 1.165) is 4.47 Å². The molecular formula is C16H16BrNO4S. The average molecular weight is 398 g/mol. The normalized spacial score (nSPS) is 19.3. The molecule has 1 aliphatic rings. The summed E-state index contributed by atoms with van der Waals surface area (Å²) in [6, 6.07) is 6.92. The lowest BCUT2D eigenvalue weighted by molar-refractivity contribution is -0.137. The highest BCUT2D eigenvalue weighted by atomic mass is 79.9. The Labute approximate surface area is 147 Å². The highest BCUT2D eigenvalue weighted by Gasteiger charge is 2.35. The minimum atomic E-state index is -0.516. The van der Waals surface area contributed by atoms with Crippen molar-refractivity contribution in [2.45, 2.75) is 19.1 Å². The summed E-state index contributed by atoms with van der Waals surface area (Å²) < 4.78 is 5.74. The van der Waals surface area contributed by atoms with Crippen LogP contribution in [0.5, 0.6) is 0 Å². The molecule has 0 spiro atoms. The van der Waals surface area contributed by atoms with Gasteiger partial charge < -0.3 is 4.74 Å². The zero-order chi connectivity index (χ0) is 17.0. The molecule has 0 aliphatic carbocycles. The van der Waals surface area contributed by atoms with Crippen LogP contribution in [0.2, 0.25) is 0 Å². The number of carbonyl (C=O) groups excluding carboxylic acids is 3. The van der Waals surface area contributed by atoms with Gasteiger partial charge in [0, 0.05) is 10.0 Å². The molecule has 122 valence electrons. The van der Waals surface area contributed by atoms with Crippen LogP contribution in [0.3, 0.4) is 0 Å². The fourth-order valence-electron chi connectivity index (χ4n) is 2.05. The molecule has 0 saturated carbocycles. The molecule has 1 fully saturated rings. The third-order valence-corrected chi connectivity index (χ3v) is 4.84. The van der Waals surface area contributed by atoms with E-state index in [4.69, 9.17) is 4.74 Å². The highest BCUT2D eigenvalue weighted by Crippen LogP contribution is 2.34. The van der Waals surface area contributed by atoms with E-state index in [0.29, 0.717) is 10.6 Å². The van der Waals surface area contributed by atoms with Crippen molar-refractivity contribution in [1.82, 2.24) is 4.90 Å². The smallest absolute Gasteiger partial charge is 0.333 e. The Kier molecular flexibility index (Phi) is 6.01. The van der Waals surface area contributed by atoms with Crippen LogP contribution in [0.4, 0.5) is 0 Å². The Morgan fingerprint density at radius 2 is 2.00 bits per heavy atom. The lowest BCUT2D eigenvalue weighted by Crippen LogP contribution is -2.33. The van der Waals surface area contributed by atoms with Crippen molar-refractivity contribution in [1.29, 1.82) is 0 Å². The van der Waals surface area contributed by atoms with Gasteiger partial charge in [0.25, 0.3) is 0 Å². The second-order valence-electron chi connectivity index (χ2n) is 4.85. The lowest BCUT2D eigenvalue weighted by atomic mass is 10.1. The van der Waals surface area contributed by atoms with Crippen molar-refractivity contribution in [3.8, 4) is 0 Å². The van der Waals surface area contributed by atoms with Gasteiger partial charge in [0.2, 0.25) is 5.91 Å². The number of ketones is 1. The fraction of sp³-hybridized carbons (Fsp3) is 0.312. The topological polar surface area (TPSA) is 63.7 Å². The molecule has 0 radical (unpaired) electrons. The van der Waals surface area contributed by atoms with Gasteiger partial charge in [0.1, 0.15) is 0 Å². The molecule has 0 aromatic heterocycles. The quantitative estimate of drug-likeness (QED) is 0.434. The summed E-state index contributed by atoms with van der Waals surface area (Å²) in [7, 11) is 0. The maximum absolute atomic E-state index is 12.4. The third kappa shape index (κ3) is 4.45. The number of benzene rings is 1. The second kappa shape index (κ2) is 7.79. The number of hydrogen-bond donors (Lipinski definition) is 0. The number of Topliss-reactive ketones (excluding diaryl/α,β-unsaturated/α-hetero) is 1. The highest BCUT2D eigenvalue weighted by molar-refractivity contribution is 9.10. The Hall–Kier alpha value is -1.60. The molecule has 2 rings (SSSR count). The summed E-state index contributed by atoms with van der Waals surface area (Å²) in [4.78, 5) is 37.5. The Morgan fingerprint density at radius 3 is 2.61 bits per heavy atom. The number of halogens is 1. The molecular weight excluding hydrogens is 382 g/mol. The predicted molar refractivity (Wildman–Crippen MR) is 92.0 cm³/mol. The summed E-state index contributed by atoms with van der Waals surface area (Å²) in [6.45, 7) is 3.62. The first-order chi connectivity index (χ1) is 10.9. The summed E-state index contributed by atoms with van der Waals surface area (Å²) >= 11 is 4.56. The van der Waals surface area contributed by atoms with Gasteiger partial charge in [0.15, 0.2) is 5.78 Å². The maximum Gasteiger partial charge on any atom is 0.333 e. The minimum absolute atomic E-state index is 0.0942. The van der Waals surface area contributed by atoms with Gasteiger partial charge in [-0.3, -0.25) is 14.5 Å². The van der Waals surface area contributed by atoms with Crippen LogP contribution in [0.15, 0.2) is 39.8 Å². The van der Waals surface area contributed by atoms with Crippen molar-refractivity contribution in [2.24, 2.45) is 0 Å². The summed E-state index contributed by atoms with van der Waals surface area (Å²) in [5.41, 5.74) is 0.515. The van der Waals surface area contributed by atoms with E-state index in [-0.39, 0.29) is 30.1 Å². The van der Waals surface area contributed by atoms with Crippen LogP contribution >= 0.6 is 27.7 Å². The van der Waals surface area contributed by atoms with Crippen LogP contribution < -0.4 is 0 Å². The second-order valence-corrected chi connectivity index (χ2v) is 7.13. The zero-order valence-electron chi connectivity index (χ0n) is 12.7. The molecule has 1 saturated heterocycles. The van der Waals surface area contributed by atoms with Crippen LogP contribution in [0, 0.1) is 0 Å². The van der Waals surface area contributed by atoms with Crippen LogP contribution in [-0.2, 0) is 14.3 Å². The number of nitrogens with zero attached hydrogens (tertiary/aromatic N) is 1. The van der Waals surface area contributed by atoms with Gasteiger partial charge in [-0.05, 0) is 26.0 Å². The van der Waals surface area contributed by atoms with Gasteiger partial charge in [0.05, 0.1) is 29.5 Å². The van der Waals surface area contributed by atoms with E-state index in [1.54, 1.807) is 38.1 Å². The number of carbonyl (C=O) groups is 3. The number of hydrogen-bond acceptors (Lipinski definition) is 5. The van der Waals surface area contributed by atoms with Crippen LogP contribution in [0.1, 0.15) is 24.2 Å². The lowest BCUT2D eigenvalue weighted by Gasteiger charge is -2.16. The molecule has 0 bridgehead atoms. The summed E-state index contributed by atoms with van der Waals surface area (Å²) in [5.74, 6) is -0.885. The summed E-state index contributed by atoms with van der Waals surface area (Å²) in [5, 5.41) is 0.125. The maximum atomic E-state index is 12.4. The van der Waals surface area contributed by atoms with Crippen molar-refractivity contribution in [3.63, 3.8) is 0 Å². The predicted octanol–water partition coefficient (Wildman–Crippen LogP) is 3.00. The molecule has 23 heavy (non-hydrogen) atoms. The molecule has 1 aromatic rings. The van der Waals surface area contributed by atoms with E-state index in [1.165, 1.54) is 22.7 Å². The number of rotatable bonds is 5. The van der Waals surface area contributed by atoms with E-state index >= 15 is 0 Å². The van der Waals surface area contributed by atoms with E-state index in [9.17, 15) is 14.4 Å². The number of ether oxygens (including phenoxy) is 1. The number of amides is 1. The molecule has 1 aliphatic heterocycles. The Morgan fingerprint density at radius 1 is 1.35 bits per heavy atom. The molecule has 1 heterocycles. The van der Waals surface area contributed by atoms with Crippen LogP contribution in [0.25, 0.3) is 0 Å². The van der Waals surface area contributed by atoms with Gasteiger partial charge in [-0.15, -0.1) is 0 Å². The summed E-state index contributed by atoms with van der Waals surface area (Å²) in [6.07, 6.45) is 1.27. The molecule has 5 nitrogen and oxygen atoms in total. The van der Waals surface area contributed by atoms with E-state index in [1.807, 2.05) is 0 Å². The molecule has 1 amide bonds. The third-order valence-electron chi connectivity index (χ3n) is 3.17. The van der Waals surface area contributed by atoms with Gasteiger partial charge >= 0.3 is 5.97 Å². The van der Waals surface area contributed by atoms with E-state index < -0.39 is 5.97 Å². The zero-order valence-corrected chi connectivity index (χ0v) is 15.1. The molecule has 1 atom stereocenters. The average Bonchev–Trinajstić information content (AvgIpc) is 2.75. The van der Waals surface area contributed by atoms with Crippen molar-refractivity contribution < 1.29 is 19.1 Å². The SMILES string of the molecule is CCOC(=O)C=C1SC(C)C(=O)N1CC(=O)c1ccc(Br)cc1. The van der Waals surface area contributed by atoms with Gasteiger partial charge in [-0.2, -0.15) is 0 Å². The van der Waals surface area contributed by atoms with Gasteiger partial charge in [-0.1, -0.05) is 39.8 Å². The molecule has 1 unspecified atom stereocenters. The van der Waals surface area contributed by atoms with Crippen molar-refractivity contribution >= 4 is 45.4 Å². The first kappa shape index (κ1) is 17.7. The molecule has 0 N–H and O–H groups in total. The van der Waals surface area contributed by atoms with Gasteiger partial charge in [-0.25, -0.2) is 4.79 Å². The number of esters is 1. The monoisotopic (exact) mass is 397 g/mol. The largest absolute Gasteiger partial charge is 0.463 e. The Balaban J connectivity index is 2.17. The number of thioether (sulfide) groups is 1. The van der Waals surface area contributed by atoms with Crippen LogP contribution in [-0.4, -0.2) is 41.0 Å². The first-order valence-electron chi connectivity index (χ1n) is 7.07. The van der Waals surface area contributed by atoms with Crippen molar-refractivity contribution in [2.75, 3.05) is 13.2 Å². The first-order valence-corrected chi connectivity index (χ1v) is 8.75. The minimum Gasteiger partial charge on any atom is -0.463 e. The van der Waals surface area contributed by atoms with Crippen molar-refractivity contribution in [3.05, 3.63) is 45.4 Å².